The first-order chi connectivity index (χ1) is 9.05. The van der Waals surface area contributed by atoms with E-state index in [1.54, 1.807) is 0 Å². The van der Waals surface area contributed by atoms with E-state index in [2.05, 4.69) is 32.0 Å². The molecule has 0 aromatic heterocycles. The molecule has 0 amide bonds. The van der Waals surface area contributed by atoms with Gasteiger partial charge in [-0.1, -0.05) is 48.6 Å². The second kappa shape index (κ2) is 5.87. The topological polar surface area (TPSA) is 43.1 Å². The van der Waals surface area contributed by atoms with Crippen molar-refractivity contribution in [2.45, 2.75) is 52.4 Å². The molecular weight excluding hydrogens is 234 g/mol. The van der Waals surface area contributed by atoms with E-state index in [4.69, 9.17) is 5.73 Å². The van der Waals surface area contributed by atoms with Crippen LogP contribution in [-0.2, 0) is 11.2 Å². The minimum atomic E-state index is -0.240. The van der Waals surface area contributed by atoms with Crippen LogP contribution in [0, 0.1) is 19.3 Å². The number of ketones is 1. The van der Waals surface area contributed by atoms with Crippen molar-refractivity contribution in [1.82, 2.24) is 0 Å². The van der Waals surface area contributed by atoms with E-state index in [1.807, 2.05) is 0 Å². The summed E-state index contributed by atoms with van der Waals surface area (Å²) in [6, 6.07) is 6.39. The van der Waals surface area contributed by atoms with Crippen molar-refractivity contribution in [1.29, 1.82) is 0 Å². The van der Waals surface area contributed by atoms with Crippen molar-refractivity contribution < 1.29 is 4.79 Å². The molecule has 2 nitrogen and oxygen atoms in total. The van der Waals surface area contributed by atoms with Gasteiger partial charge in [-0.05, 0) is 32.3 Å². The number of carbonyl (C=O) groups excluding carboxylic acids is 1. The number of carbonyl (C=O) groups is 1. The Morgan fingerprint density at radius 1 is 1.11 bits per heavy atom. The van der Waals surface area contributed by atoms with Crippen LogP contribution in [0.2, 0.25) is 0 Å². The van der Waals surface area contributed by atoms with Gasteiger partial charge in [0.1, 0.15) is 5.78 Å². The number of hydrogen-bond acceptors (Lipinski definition) is 2. The first kappa shape index (κ1) is 14.3. The van der Waals surface area contributed by atoms with E-state index in [9.17, 15) is 4.79 Å². The molecule has 1 aromatic rings. The maximum atomic E-state index is 12.7. The second-order valence-corrected chi connectivity index (χ2v) is 6.14. The molecule has 0 unspecified atom stereocenters. The van der Waals surface area contributed by atoms with Gasteiger partial charge in [0.2, 0.25) is 0 Å². The van der Waals surface area contributed by atoms with Crippen molar-refractivity contribution in [3.8, 4) is 0 Å². The van der Waals surface area contributed by atoms with Crippen LogP contribution in [0.4, 0.5) is 0 Å². The zero-order valence-electron chi connectivity index (χ0n) is 12.2. The summed E-state index contributed by atoms with van der Waals surface area (Å²) in [6.07, 6.45) is 6.05. The largest absolute Gasteiger partial charge is 0.329 e. The maximum Gasteiger partial charge on any atom is 0.144 e. The Bertz CT molecular complexity index is 438. The summed E-state index contributed by atoms with van der Waals surface area (Å²) in [5.41, 5.74) is 9.29. The Hall–Kier alpha value is -1.15. The highest BCUT2D eigenvalue weighted by molar-refractivity contribution is 5.87. The van der Waals surface area contributed by atoms with Gasteiger partial charge in [-0.15, -0.1) is 0 Å². The summed E-state index contributed by atoms with van der Waals surface area (Å²) < 4.78 is 0. The molecule has 1 fully saturated rings. The van der Waals surface area contributed by atoms with Crippen LogP contribution in [0.3, 0.4) is 0 Å². The Morgan fingerprint density at radius 2 is 1.68 bits per heavy atom. The third-order valence-corrected chi connectivity index (χ3v) is 4.44. The first-order valence-electron chi connectivity index (χ1n) is 7.36. The number of rotatable bonds is 4. The van der Waals surface area contributed by atoms with Gasteiger partial charge in [-0.25, -0.2) is 0 Å². The molecule has 0 aliphatic heterocycles. The lowest BCUT2D eigenvalue weighted by Crippen LogP contribution is -2.41. The number of Topliss-reactive ketones (excluding diaryl/α,β-unsaturated/α-hetero) is 1. The zero-order valence-corrected chi connectivity index (χ0v) is 12.2. The fraction of sp³-hybridized carbons (Fsp3) is 0.588. The van der Waals surface area contributed by atoms with Crippen molar-refractivity contribution in [2.24, 2.45) is 11.1 Å². The summed E-state index contributed by atoms with van der Waals surface area (Å²) in [5, 5.41) is 0. The second-order valence-electron chi connectivity index (χ2n) is 6.14. The number of nitrogens with two attached hydrogens (primary N) is 1. The minimum absolute atomic E-state index is 0.240. The maximum absolute atomic E-state index is 12.7. The molecule has 1 aliphatic rings. The summed E-state index contributed by atoms with van der Waals surface area (Å²) in [5.74, 6) is 0.347. The lowest BCUT2D eigenvalue weighted by molar-refractivity contribution is -0.129. The highest BCUT2D eigenvalue weighted by Crippen LogP contribution is 2.37. The molecular formula is C17H25NO. The van der Waals surface area contributed by atoms with E-state index in [-0.39, 0.29) is 5.41 Å². The monoisotopic (exact) mass is 259 g/mol. The summed E-state index contributed by atoms with van der Waals surface area (Å²) in [6.45, 7) is 4.68. The van der Waals surface area contributed by atoms with Gasteiger partial charge in [0.25, 0.3) is 0 Å². The number of benzene rings is 1. The summed E-state index contributed by atoms with van der Waals surface area (Å²) in [7, 11) is 0. The Morgan fingerprint density at radius 3 is 2.21 bits per heavy atom. The van der Waals surface area contributed by atoms with Gasteiger partial charge in [0, 0.05) is 18.4 Å². The van der Waals surface area contributed by atoms with Crippen LogP contribution in [0.1, 0.15) is 48.8 Å². The lowest BCUT2D eigenvalue weighted by atomic mass is 9.70. The predicted octanol–water partition coefficient (Wildman–Crippen LogP) is 3.32. The third kappa shape index (κ3) is 3.24. The van der Waals surface area contributed by atoms with Crippen molar-refractivity contribution in [3.63, 3.8) is 0 Å². The molecule has 1 aromatic carbocycles. The first-order valence-corrected chi connectivity index (χ1v) is 7.36. The van der Waals surface area contributed by atoms with Gasteiger partial charge in [-0.3, -0.25) is 4.79 Å². The molecule has 0 saturated heterocycles. The predicted molar refractivity (Wildman–Crippen MR) is 79.2 cm³/mol. The molecule has 1 saturated carbocycles. The number of hydrogen-bond donors (Lipinski definition) is 1. The molecule has 0 spiro atoms. The van der Waals surface area contributed by atoms with Crippen molar-refractivity contribution in [3.05, 3.63) is 34.9 Å². The molecule has 19 heavy (non-hydrogen) atoms. The number of aryl methyl sites for hydroxylation is 2. The molecule has 0 radical (unpaired) electrons. The summed E-state index contributed by atoms with van der Waals surface area (Å²) >= 11 is 0. The smallest absolute Gasteiger partial charge is 0.144 e. The molecule has 0 heterocycles. The standard InChI is InChI=1S/C17H25NO/c1-13-8-14(2)10-15(9-13)11-16(19)17(12-18)6-4-3-5-7-17/h8-10H,3-7,11-12,18H2,1-2H3. The molecule has 0 bridgehead atoms. The van der Waals surface area contributed by atoms with E-state index >= 15 is 0 Å². The average Bonchev–Trinajstić information content (AvgIpc) is 2.38. The average molecular weight is 259 g/mol. The Labute approximate surface area is 116 Å². The Balaban J connectivity index is 2.14. The summed E-state index contributed by atoms with van der Waals surface area (Å²) in [4.78, 5) is 12.7. The fourth-order valence-electron chi connectivity index (χ4n) is 3.37. The van der Waals surface area contributed by atoms with E-state index < -0.39 is 0 Å². The molecule has 1 aliphatic carbocycles. The molecule has 2 heteroatoms. The van der Waals surface area contributed by atoms with Gasteiger partial charge in [0.05, 0.1) is 0 Å². The van der Waals surface area contributed by atoms with Crippen LogP contribution in [0.25, 0.3) is 0 Å². The molecule has 104 valence electrons. The van der Waals surface area contributed by atoms with Crippen LogP contribution in [0.5, 0.6) is 0 Å². The quantitative estimate of drug-likeness (QED) is 0.901. The third-order valence-electron chi connectivity index (χ3n) is 4.44. The fourth-order valence-corrected chi connectivity index (χ4v) is 3.37. The van der Waals surface area contributed by atoms with Gasteiger partial charge >= 0.3 is 0 Å². The van der Waals surface area contributed by atoms with Gasteiger partial charge < -0.3 is 5.73 Å². The van der Waals surface area contributed by atoms with Crippen molar-refractivity contribution >= 4 is 5.78 Å². The Kier molecular flexibility index (Phi) is 4.41. The van der Waals surface area contributed by atoms with E-state index in [0.29, 0.717) is 18.7 Å². The molecule has 0 atom stereocenters. The van der Waals surface area contributed by atoms with E-state index in [1.165, 1.54) is 17.5 Å². The zero-order chi connectivity index (χ0) is 13.9. The van der Waals surface area contributed by atoms with Crippen LogP contribution < -0.4 is 5.73 Å². The molecule has 2 N–H and O–H groups in total. The normalized spacial score (nSPS) is 18.3. The van der Waals surface area contributed by atoms with Crippen LogP contribution in [-0.4, -0.2) is 12.3 Å². The minimum Gasteiger partial charge on any atom is -0.329 e. The lowest BCUT2D eigenvalue weighted by Gasteiger charge is -2.34. The van der Waals surface area contributed by atoms with Gasteiger partial charge in [0.15, 0.2) is 0 Å². The highest BCUT2D eigenvalue weighted by Gasteiger charge is 2.37. The van der Waals surface area contributed by atoms with E-state index in [0.717, 1.165) is 31.2 Å². The van der Waals surface area contributed by atoms with Crippen LogP contribution >= 0.6 is 0 Å². The highest BCUT2D eigenvalue weighted by atomic mass is 16.1. The SMILES string of the molecule is Cc1cc(C)cc(CC(=O)C2(CN)CCCCC2)c1. The van der Waals surface area contributed by atoms with Crippen LogP contribution in [0.15, 0.2) is 18.2 Å². The van der Waals surface area contributed by atoms with Gasteiger partial charge in [-0.2, -0.15) is 0 Å². The molecule has 2 rings (SSSR count). The van der Waals surface area contributed by atoms with Crippen molar-refractivity contribution in [2.75, 3.05) is 6.54 Å².